The second kappa shape index (κ2) is 18.7. The van der Waals surface area contributed by atoms with E-state index in [9.17, 15) is 0 Å². The summed E-state index contributed by atoms with van der Waals surface area (Å²) in [6, 6.07) is 0. The van der Waals surface area contributed by atoms with E-state index in [0.29, 0.717) is 18.1 Å². The SMILES string of the molecule is CCCC(CCC)OCCCC(CN)CCCOC(CCC)CCC. The summed E-state index contributed by atoms with van der Waals surface area (Å²) >= 11 is 0. The van der Waals surface area contributed by atoms with Crippen LogP contribution in [-0.2, 0) is 9.47 Å². The Kier molecular flexibility index (Phi) is 18.6. The van der Waals surface area contributed by atoms with E-state index in [1.807, 2.05) is 0 Å². The Hall–Kier alpha value is -0.120. The van der Waals surface area contributed by atoms with Crippen molar-refractivity contribution >= 4 is 0 Å². The molecule has 0 bridgehead atoms. The molecule has 0 atom stereocenters. The molecule has 0 aliphatic heterocycles. The molecule has 25 heavy (non-hydrogen) atoms. The summed E-state index contributed by atoms with van der Waals surface area (Å²) in [6.45, 7) is 11.5. The van der Waals surface area contributed by atoms with Gasteiger partial charge in [0.15, 0.2) is 0 Å². The fraction of sp³-hybridized carbons (Fsp3) is 1.00. The minimum atomic E-state index is 0.466. The molecule has 0 amide bonds. The lowest BCUT2D eigenvalue weighted by Crippen LogP contribution is -2.18. The van der Waals surface area contributed by atoms with Gasteiger partial charge in [0, 0.05) is 13.2 Å². The van der Waals surface area contributed by atoms with Crippen molar-refractivity contribution in [3.8, 4) is 0 Å². The molecular formula is C22H47NO2. The van der Waals surface area contributed by atoms with Gasteiger partial charge in [0.1, 0.15) is 0 Å². The number of rotatable bonds is 19. The molecule has 0 aliphatic rings. The van der Waals surface area contributed by atoms with Gasteiger partial charge in [0.2, 0.25) is 0 Å². The van der Waals surface area contributed by atoms with Crippen molar-refractivity contribution in [2.75, 3.05) is 19.8 Å². The Bertz CT molecular complexity index is 224. The summed E-state index contributed by atoms with van der Waals surface area (Å²) in [5, 5.41) is 0. The first-order chi connectivity index (χ1) is 12.2. The Morgan fingerprint density at radius 3 is 1.24 bits per heavy atom. The van der Waals surface area contributed by atoms with Crippen molar-refractivity contribution in [1.82, 2.24) is 0 Å². The van der Waals surface area contributed by atoms with Crippen molar-refractivity contribution in [2.24, 2.45) is 11.7 Å². The molecule has 2 N–H and O–H groups in total. The highest BCUT2D eigenvalue weighted by Gasteiger charge is 2.11. The molecule has 0 aromatic carbocycles. The molecule has 0 radical (unpaired) electrons. The maximum atomic E-state index is 6.06. The average molecular weight is 358 g/mol. The number of hydrogen-bond donors (Lipinski definition) is 1. The Morgan fingerprint density at radius 2 is 0.960 bits per heavy atom. The molecule has 0 saturated carbocycles. The van der Waals surface area contributed by atoms with Crippen molar-refractivity contribution in [1.29, 1.82) is 0 Å². The predicted octanol–water partition coefficient (Wildman–Crippen LogP) is 6.09. The third kappa shape index (κ3) is 14.7. The van der Waals surface area contributed by atoms with E-state index in [1.54, 1.807) is 0 Å². The molecule has 0 aromatic rings. The third-order valence-electron chi connectivity index (χ3n) is 5.00. The standard InChI is InChI=1S/C22H47NO2/c1-5-11-21(12-6-2)24-17-9-15-20(19-23)16-10-18-25-22(13-7-3)14-8-4/h20-22H,5-19,23H2,1-4H3. The molecule has 0 aliphatic carbocycles. The Morgan fingerprint density at radius 1 is 0.600 bits per heavy atom. The van der Waals surface area contributed by atoms with Gasteiger partial charge in [0.05, 0.1) is 12.2 Å². The van der Waals surface area contributed by atoms with E-state index in [-0.39, 0.29) is 0 Å². The smallest absolute Gasteiger partial charge is 0.0575 e. The third-order valence-corrected chi connectivity index (χ3v) is 5.00. The zero-order valence-corrected chi connectivity index (χ0v) is 17.7. The number of nitrogens with two attached hydrogens (primary N) is 1. The van der Waals surface area contributed by atoms with Gasteiger partial charge in [0.25, 0.3) is 0 Å². The van der Waals surface area contributed by atoms with E-state index < -0.39 is 0 Å². The lowest BCUT2D eigenvalue weighted by atomic mass is 9.98. The van der Waals surface area contributed by atoms with Crippen LogP contribution in [0.3, 0.4) is 0 Å². The summed E-state index contributed by atoms with van der Waals surface area (Å²) < 4.78 is 12.1. The zero-order valence-electron chi connectivity index (χ0n) is 17.7. The minimum Gasteiger partial charge on any atom is -0.378 e. The lowest BCUT2D eigenvalue weighted by molar-refractivity contribution is 0.0326. The van der Waals surface area contributed by atoms with Crippen molar-refractivity contribution in [3.63, 3.8) is 0 Å². The molecule has 0 saturated heterocycles. The van der Waals surface area contributed by atoms with Crippen molar-refractivity contribution < 1.29 is 9.47 Å². The topological polar surface area (TPSA) is 44.5 Å². The normalized spacial score (nSPS) is 12.0. The second-order valence-corrected chi connectivity index (χ2v) is 7.53. The van der Waals surface area contributed by atoms with Gasteiger partial charge in [-0.2, -0.15) is 0 Å². The van der Waals surface area contributed by atoms with Gasteiger partial charge in [-0.15, -0.1) is 0 Å². The highest BCUT2D eigenvalue weighted by molar-refractivity contribution is 4.63. The van der Waals surface area contributed by atoms with Crippen LogP contribution in [0.15, 0.2) is 0 Å². The van der Waals surface area contributed by atoms with Gasteiger partial charge < -0.3 is 15.2 Å². The van der Waals surface area contributed by atoms with Crippen LogP contribution >= 0.6 is 0 Å². The van der Waals surface area contributed by atoms with Crippen LogP contribution in [0, 0.1) is 5.92 Å². The first-order valence-corrected chi connectivity index (χ1v) is 11.1. The number of hydrogen-bond acceptors (Lipinski definition) is 3. The molecule has 152 valence electrons. The highest BCUT2D eigenvalue weighted by Crippen LogP contribution is 2.16. The monoisotopic (exact) mass is 357 g/mol. The van der Waals surface area contributed by atoms with E-state index in [4.69, 9.17) is 15.2 Å². The van der Waals surface area contributed by atoms with Crippen LogP contribution in [0.25, 0.3) is 0 Å². The predicted molar refractivity (Wildman–Crippen MR) is 110 cm³/mol. The molecule has 0 heterocycles. The van der Waals surface area contributed by atoms with E-state index in [2.05, 4.69) is 27.7 Å². The fourth-order valence-corrected chi connectivity index (χ4v) is 3.53. The second-order valence-electron chi connectivity index (χ2n) is 7.53. The van der Waals surface area contributed by atoms with Crippen LogP contribution in [0.5, 0.6) is 0 Å². The largest absolute Gasteiger partial charge is 0.378 e. The summed E-state index contributed by atoms with van der Waals surface area (Å²) in [4.78, 5) is 0. The van der Waals surface area contributed by atoms with Gasteiger partial charge in [-0.1, -0.05) is 53.4 Å². The molecule has 0 rings (SSSR count). The van der Waals surface area contributed by atoms with Crippen LogP contribution in [-0.4, -0.2) is 32.0 Å². The molecule has 0 spiro atoms. The van der Waals surface area contributed by atoms with Gasteiger partial charge in [-0.05, 0) is 63.8 Å². The summed E-state index contributed by atoms with van der Waals surface area (Å²) in [5.41, 5.74) is 5.97. The highest BCUT2D eigenvalue weighted by atomic mass is 16.5. The fourth-order valence-electron chi connectivity index (χ4n) is 3.53. The average Bonchev–Trinajstić information content (AvgIpc) is 2.60. The summed E-state index contributed by atoms with van der Waals surface area (Å²) in [6.07, 6.45) is 15.2. The number of ether oxygens (including phenoxy) is 2. The molecular weight excluding hydrogens is 310 g/mol. The van der Waals surface area contributed by atoms with Gasteiger partial charge in [-0.25, -0.2) is 0 Å². The first kappa shape index (κ1) is 24.9. The molecule has 0 fully saturated rings. The van der Waals surface area contributed by atoms with E-state index >= 15 is 0 Å². The molecule has 0 unspecified atom stereocenters. The van der Waals surface area contributed by atoms with Crippen molar-refractivity contribution in [2.45, 2.75) is 117 Å². The lowest BCUT2D eigenvalue weighted by Gasteiger charge is -2.19. The first-order valence-electron chi connectivity index (χ1n) is 11.1. The molecule has 0 aromatic heterocycles. The summed E-state index contributed by atoms with van der Waals surface area (Å²) in [5.74, 6) is 0.624. The maximum absolute atomic E-state index is 6.06. The van der Waals surface area contributed by atoms with Crippen LogP contribution in [0.4, 0.5) is 0 Å². The van der Waals surface area contributed by atoms with Crippen molar-refractivity contribution in [3.05, 3.63) is 0 Å². The molecule has 3 heteroatoms. The zero-order chi connectivity index (χ0) is 18.8. The quantitative estimate of drug-likeness (QED) is 0.284. The van der Waals surface area contributed by atoms with Crippen LogP contribution in [0.1, 0.15) is 105 Å². The van der Waals surface area contributed by atoms with E-state index in [0.717, 1.165) is 32.6 Å². The Balaban J connectivity index is 3.80. The van der Waals surface area contributed by atoms with Crippen LogP contribution < -0.4 is 5.73 Å². The maximum Gasteiger partial charge on any atom is 0.0575 e. The minimum absolute atomic E-state index is 0.466. The van der Waals surface area contributed by atoms with E-state index in [1.165, 1.54) is 64.2 Å². The van der Waals surface area contributed by atoms with Gasteiger partial charge in [-0.3, -0.25) is 0 Å². The van der Waals surface area contributed by atoms with Gasteiger partial charge >= 0.3 is 0 Å². The summed E-state index contributed by atoms with van der Waals surface area (Å²) in [7, 11) is 0. The molecule has 3 nitrogen and oxygen atoms in total. The van der Waals surface area contributed by atoms with Crippen LogP contribution in [0.2, 0.25) is 0 Å². The Labute approximate surface area is 158 Å².